The van der Waals surface area contributed by atoms with Gasteiger partial charge < -0.3 is 14.5 Å². The van der Waals surface area contributed by atoms with Gasteiger partial charge in [0.2, 0.25) is 5.91 Å². The van der Waals surface area contributed by atoms with Gasteiger partial charge in [-0.15, -0.1) is 11.8 Å². The molecule has 2 heterocycles. The first kappa shape index (κ1) is 17.2. The Balaban J connectivity index is 1.86. The molecule has 1 saturated heterocycles. The second-order valence-electron chi connectivity index (χ2n) is 5.21. The fraction of sp³-hybridized carbons (Fsp3) is 0.643. The van der Waals surface area contributed by atoms with Crippen molar-refractivity contribution in [1.29, 1.82) is 0 Å². The van der Waals surface area contributed by atoms with Crippen LogP contribution in [0.15, 0.2) is 4.52 Å². The van der Waals surface area contributed by atoms with Gasteiger partial charge in [0.1, 0.15) is 5.76 Å². The molecule has 0 aromatic carbocycles. The van der Waals surface area contributed by atoms with Crippen LogP contribution in [0, 0.1) is 13.8 Å². The van der Waals surface area contributed by atoms with E-state index in [0.29, 0.717) is 23.8 Å². The minimum atomic E-state index is -0.853. The van der Waals surface area contributed by atoms with Crippen LogP contribution < -0.4 is 0 Å². The van der Waals surface area contributed by atoms with E-state index in [0.717, 1.165) is 22.8 Å². The predicted molar refractivity (Wildman–Crippen MR) is 87.2 cm³/mol. The van der Waals surface area contributed by atoms with Crippen molar-refractivity contribution in [1.82, 2.24) is 10.1 Å². The topological polar surface area (TPSA) is 83.6 Å². The Morgan fingerprint density at radius 1 is 1.50 bits per heavy atom. The van der Waals surface area contributed by atoms with Crippen LogP contribution in [0.25, 0.3) is 0 Å². The average molecular weight is 344 g/mol. The van der Waals surface area contributed by atoms with Gasteiger partial charge in [-0.05, 0) is 13.8 Å². The van der Waals surface area contributed by atoms with E-state index in [1.54, 1.807) is 16.7 Å². The van der Waals surface area contributed by atoms with Gasteiger partial charge in [-0.1, -0.05) is 5.16 Å². The van der Waals surface area contributed by atoms with E-state index in [1.807, 2.05) is 13.8 Å². The molecule has 0 bridgehead atoms. The van der Waals surface area contributed by atoms with E-state index in [4.69, 9.17) is 9.63 Å². The maximum Gasteiger partial charge on any atom is 0.305 e. The summed E-state index contributed by atoms with van der Waals surface area (Å²) < 4.78 is 5.10. The SMILES string of the molecule is Cc1noc(C)c1CSCC(=O)N1CCSCC1CC(=O)O. The Bertz CT molecular complexity index is 527. The van der Waals surface area contributed by atoms with Gasteiger partial charge in [0.05, 0.1) is 23.9 Å². The van der Waals surface area contributed by atoms with E-state index in [9.17, 15) is 9.59 Å². The molecule has 1 amide bonds. The number of amides is 1. The first-order valence-electron chi connectivity index (χ1n) is 7.07. The molecule has 1 aliphatic rings. The summed E-state index contributed by atoms with van der Waals surface area (Å²) in [4.78, 5) is 25.0. The molecule has 2 rings (SSSR count). The number of thioether (sulfide) groups is 2. The first-order chi connectivity index (χ1) is 10.5. The molecular weight excluding hydrogens is 324 g/mol. The van der Waals surface area contributed by atoms with Crippen molar-refractivity contribution in [3.05, 3.63) is 17.0 Å². The van der Waals surface area contributed by atoms with E-state index in [2.05, 4.69) is 5.16 Å². The fourth-order valence-corrected chi connectivity index (χ4v) is 4.51. The third-order valence-electron chi connectivity index (χ3n) is 3.61. The minimum absolute atomic E-state index is 0.0170. The summed E-state index contributed by atoms with van der Waals surface area (Å²) in [6.07, 6.45) is 0.0211. The summed E-state index contributed by atoms with van der Waals surface area (Å²) in [7, 11) is 0. The van der Waals surface area contributed by atoms with Crippen LogP contribution in [0.1, 0.15) is 23.4 Å². The third kappa shape index (κ3) is 4.42. The van der Waals surface area contributed by atoms with Crippen molar-refractivity contribution in [3.8, 4) is 0 Å². The van der Waals surface area contributed by atoms with E-state index in [-0.39, 0.29) is 18.4 Å². The molecule has 1 aromatic rings. The lowest BCUT2D eigenvalue weighted by molar-refractivity contribution is -0.139. The molecule has 8 heteroatoms. The molecule has 1 unspecified atom stereocenters. The zero-order valence-electron chi connectivity index (χ0n) is 12.7. The standard InChI is InChI=1S/C14H20N2O4S2/c1-9-12(10(2)20-15-9)7-22-8-13(17)16-3-4-21-6-11(16)5-14(18)19/h11H,3-8H2,1-2H3,(H,18,19). The van der Waals surface area contributed by atoms with Crippen LogP contribution in [0.4, 0.5) is 0 Å². The molecule has 0 radical (unpaired) electrons. The highest BCUT2D eigenvalue weighted by Gasteiger charge is 2.28. The average Bonchev–Trinajstić information content (AvgIpc) is 2.79. The molecule has 1 N–H and O–H groups in total. The lowest BCUT2D eigenvalue weighted by Crippen LogP contribution is -2.47. The fourth-order valence-electron chi connectivity index (χ4n) is 2.39. The zero-order chi connectivity index (χ0) is 16.1. The lowest BCUT2D eigenvalue weighted by Gasteiger charge is -2.34. The molecule has 1 atom stereocenters. The zero-order valence-corrected chi connectivity index (χ0v) is 14.3. The van der Waals surface area contributed by atoms with Gasteiger partial charge >= 0.3 is 5.97 Å². The Labute approximate surface area is 138 Å². The Kier molecular flexibility index (Phi) is 6.19. The predicted octanol–water partition coefficient (Wildman–Crippen LogP) is 1.94. The number of aliphatic carboxylic acids is 1. The smallest absolute Gasteiger partial charge is 0.305 e. The number of carboxylic acids is 1. The van der Waals surface area contributed by atoms with Gasteiger partial charge in [-0.3, -0.25) is 9.59 Å². The summed E-state index contributed by atoms with van der Waals surface area (Å²) in [6, 6.07) is -0.191. The number of nitrogens with zero attached hydrogens (tertiary/aromatic N) is 2. The highest BCUT2D eigenvalue weighted by molar-refractivity contribution is 7.99. The number of carbonyl (C=O) groups is 2. The second kappa shape index (κ2) is 7.92. The quantitative estimate of drug-likeness (QED) is 0.844. The van der Waals surface area contributed by atoms with Gasteiger partial charge in [0.15, 0.2) is 0 Å². The molecule has 1 fully saturated rings. The van der Waals surface area contributed by atoms with Gasteiger partial charge in [-0.2, -0.15) is 11.8 Å². The molecule has 1 aromatic heterocycles. The maximum absolute atomic E-state index is 12.4. The van der Waals surface area contributed by atoms with Gasteiger partial charge in [0, 0.05) is 29.4 Å². The van der Waals surface area contributed by atoms with Crippen LogP contribution in [-0.2, 0) is 15.3 Å². The molecular formula is C14H20N2O4S2. The van der Waals surface area contributed by atoms with Crippen molar-refractivity contribution in [2.45, 2.75) is 32.1 Å². The van der Waals surface area contributed by atoms with Crippen molar-refractivity contribution in [3.63, 3.8) is 0 Å². The molecule has 1 aliphatic heterocycles. The molecule has 6 nitrogen and oxygen atoms in total. The maximum atomic E-state index is 12.4. The number of carboxylic acid groups (broad SMARTS) is 1. The molecule has 0 saturated carbocycles. The van der Waals surface area contributed by atoms with Crippen LogP contribution >= 0.6 is 23.5 Å². The van der Waals surface area contributed by atoms with Crippen molar-refractivity contribution in [2.75, 3.05) is 23.8 Å². The van der Waals surface area contributed by atoms with Crippen LogP contribution in [-0.4, -0.2) is 56.9 Å². The van der Waals surface area contributed by atoms with Crippen molar-refractivity contribution >= 4 is 35.4 Å². The van der Waals surface area contributed by atoms with Crippen LogP contribution in [0.3, 0.4) is 0 Å². The Morgan fingerprint density at radius 3 is 2.91 bits per heavy atom. The summed E-state index contributed by atoms with van der Waals surface area (Å²) in [6.45, 7) is 4.38. The van der Waals surface area contributed by atoms with E-state index < -0.39 is 5.97 Å². The number of rotatable bonds is 6. The summed E-state index contributed by atoms with van der Waals surface area (Å²) in [5, 5.41) is 12.9. The first-order valence-corrected chi connectivity index (χ1v) is 9.38. The number of aromatic nitrogens is 1. The normalized spacial score (nSPS) is 18.5. The largest absolute Gasteiger partial charge is 0.481 e. The molecule has 0 spiro atoms. The summed E-state index contributed by atoms with van der Waals surface area (Å²) >= 11 is 3.22. The van der Waals surface area contributed by atoms with E-state index in [1.165, 1.54) is 11.8 Å². The summed E-state index contributed by atoms with van der Waals surface area (Å²) in [5.41, 5.74) is 1.89. The lowest BCUT2D eigenvalue weighted by atomic mass is 10.2. The van der Waals surface area contributed by atoms with Gasteiger partial charge in [0.25, 0.3) is 0 Å². The van der Waals surface area contributed by atoms with E-state index >= 15 is 0 Å². The monoisotopic (exact) mass is 344 g/mol. The van der Waals surface area contributed by atoms with Crippen molar-refractivity contribution in [2.24, 2.45) is 0 Å². The molecule has 0 aliphatic carbocycles. The second-order valence-corrected chi connectivity index (χ2v) is 7.34. The number of carbonyl (C=O) groups excluding carboxylic acids is 1. The van der Waals surface area contributed by atoms with Crippen LogP contribution in [0.2, 0.25) is 0 Å². The highest BCUT2D eigenvalue weighted by Crippen LogP contribution is 2.23. The third-order valence-corrected chi connectivity index (χ3v) is 5.65. The number of hydrogen-bond acceptors (Lipinski definition) is 6. The number of hydrogen-bond donors (Lipinski definition) is 1. The minimum Gasteiger partial charge on any atom is -0.481 e. The number of aryl methyl sites for hydroxylation is 2. The highest BCUT2D eigenvalue weighted by atomic mass is 32.2. The van der Waals surface area contributed by atoms with Gasteiger partial charge in [-0.25, -0.2) is 0 Å². The Morgan fingerprint density at radius 2 is 2.27 bits per heavy atom. The molecule has 22 heavy (non-hydrogen) atoms. The molecule has 122 valence electrons. The summed E-state index contributed by atoms with van der Waals surface area (Å²) in [5.74, 6) is 2.56. The van der Waals surface area contributed by atoms with Crippen molar-refractivity contribution < 1.29 is 19.2 Å². The van der Waals surface area contributed by atoms with Crippen LogP contribution in [0.5, 0.6) is 0 Å². The Hall–Kier alpha value is -1.15.